The fraction of sp³-hybridized carbons (Fsp3) is 0.833. The molecular weight excluding hydrogens is 171 g/mol. The summed E-state index contributed by atoms with van der Waals surface area (Å²) < 4.78 is 35.4. The van der Waals surface area contributed by atoms with Crippen molar-refractivity contribution in [1.29, 1.82) is 5.41 Å². The van der Waals surface area contributed by atoms with Crippen LogP contribution >= 0.6 is 0 Å². The number of rotatable bonds is 3. The van der Waals surface area contributed by atoms with Gasteiger partial charge in [-0.15, -0.1) is 0 Å². The summed E-state index contributed by atoms with van der Waals surface area (Å²) in [4.78, 5) is 0.792. The monoisotopic (exact) mass is 183 g/mol. The molecule has 0 saturated carbocycles. The molecule has 6 heteroatoms. The van der Waals surface area contributed by atoms with Crippen molar-refractivity contribution in [3.63, 3.8) is 0 Å². The third-order valence-electron chi connectivity index (χ3n) is 1.20. The lowest BCUT2D eigenvalue weighted by Crippen LogP contribution is -2.42. The fourth-order valence-corrected chi connectivity index (χ4v) is 0.771. The minimum Gasteiger partial charge on any atom is -0.370 e. The summed E-state index contributed by atoms with van der Waals surface area (Å²) in [5.41, 5.74) is 4.94. The van der Waals surface area contributed by atoms with Gasteiger partial charge in [0.05, 0.1) is 0 Å². The quantitative estimate of drug-likeness (QED) is 0.509. The van der Waals surface area contributed by atoms with Crippen LogP contribution in [0.15, 0.2) is 0 Å². The van der Waals surface area contributed by atoms with Gasteiger partial charge in [-0.05, 0) is 6.42 Å². The lowest BCUT2D eigenvalue weighted by molar-refractivity contribution is -0.138. The number of nitrogens with one attached hydrogen (secondary N) is 1. The zero-order chi connectivity index (χ0) is 9.78. The van der Waals surface area contributed by atoms with E-state index < -0.39 is 18.7 Å². The minimum absolute atomic E-state index is 0.162. The molecule has 0 heterocycles. The van der Waals surface area contributed by atoms with E-state index in [2.05, 4.69) is 0 Å². The Morgan fingerprint density at radius 1 is 1.50 bits per heavy atom. The van der Waals surface area contributed by atoms with Crippen molar-refractivity contribution in [2.24, 2.45) is 5.73 Å². The van der Waals surface area contributed by atoms with E-state index >= 15 is 0 Å². The molecule has 0 bridgehead atoms. The Kier molecular flexibility index (Phi) is 3.85. The lowest BCUT2D eigenvalue weighted by Gasteiger charge is -2.22. The summed E-state index contributed by atoms with van der Waals surface area (Å²) in [6.45, 7) is 0.747. The zero-order valence-electron chi connectivity index (χ0n) is 6.78. The van der Waals surface area contributed by atoms with Gasteiger partial charge in [-0.2, -0.15) is 13.2 Å². The van der Waals surface area contributed by atoms with E-state index in [-0.39, 0.29) is 6.54 Å². The van der Waals surface area contributed by atoms with Crippen molar-refractivity contribution in [2.75, 3.05) is 13.1 Å². The molecule has 0 radical (unpaired) electrons. The van der Waals surface area contributed by atoms with Crippen LogP contribution in [0.5, 0.6) is 0 Å². The first kappa shape index (κ1) is 11.1. The molecule has 3 nitrogen and oxygen atoms in total. The summed E-state index contributed by atoms with van der Waals surface area (Å²) in [5.74, 6) is -0.533. The summed E-state index contributed by atoms with van der Waals surface area (Å²) in [7, 11) is 0. The van der Waals surface area contributed by atoms with Gasteiger partial charge in [0.1, 0.15) is 6.54 Å². The number of nitrogens with zero attached hydrogens (tertiary/aromatic N) is 1. The highest BCUT2D eigenvalue weighted by Crippen LogP contribution is 2.16. The SMILES string of the molecule is CCCN(CC(F)(F)F)C(=N)N. The molecule has 3 N–H and O–H groups in total. The second kappa shape index (κ2) is 4.18. The second-order valence-electron chi connectivity index (χ2n) is 2.42. The van der Waals surface area contributed by atoms with Crippen molar-refractivity contribution in [3.05, 3.63) is 0 Å². The van der Waals surface area contributed by atoms with Gasteiger partial charge in [0.25, 0.3) is 0 Å². The van der Waals surface area contributed by atoms with E-state index in [1.54, 1.807) is 6.92 Å². The number of alkyl halides is 3. The van der Waals surface area contributed by atoms with Crippen LogP contribution in [-0.2, 0) is 0 Å². The Morgan fingerprint density at radius 3 is 2.25 bits per heavy atom. The van der Waals surface area contributed by atoms with Gasteiger partial charge < -0.3 is 10.6 Å². The van der Waals surface area contributed by atoms with E-state index in [0.29, 0.717) is 6.42 Å². The maximum atomic E-state index is 11.8. The van der Waals surface area contributed by atoms with Crippen LogP contribution in [0.1, 0.15) is 13.3 Å². The summed E-state index contributed by atoms with van der Waals surface area (Å²) >= 11 is 0. The van der Waals surface area contributed by atoms with Gasteiger partial charge in [0.15, 0.2) is 5.96 Å². The molecule has 0 fully saturated rings. The van der Waals surface area contributed by atoms with E-state index in [1.165, 1.54) is 0 Å². The van der Waals surface area contributed by atoms with Crippen molar-refractivity contribution in [2.45, 2.75) is 19.5 Å². The lowest BCUT2D eigenvalue weighted by atomic mass is 10.4. The van der Waals surface area contributed by atoms with E-state index in [1.807, 2.05) is 0 Å². The van der Waals surface area contributed by atoms with E-state index in [9.17, 15) is 13.2 Å². The fourth-order valence-electron chi connectivity index (χ4n) is 0.771. The molecule has 0 aromatic heterocycles. The first-order valence-electron chi connectivity index (χ1n) is 3.52. The number of guanidine groups is 1. The molecule has 0 aromatic carbocycles. The predicted octanol–water partition coefficient (Wildman–Crippen LogP) is 1.15. The van der Waals surface area contributed by atoms with Gasteiger partial charge in [-0.25, -0.2) is 0 Å². The zero-order valence-corrected chi connectivity index (χ0v) is 6.78. The number of hydrogen-bond donors (Lipinski definition) is 2. The molecule has 0 rings (SSSR count). The van der Waals surface area contributed by atoms with Crippen LogP contribution < -0.4 is 5.73 Å². The van der Waals surface area contributed by atoms with E-state index in [4.69, 9.17) is 11.1 Å². The standard InChI is InChI=1S/C6H12F3N3/c1-2-3-12(5(10)11)4-6(7,8)9/h2-4H2,1H3,(H3,10,11). The maximum absolute atomic E-state index is 11.8. The molecule has 0 spiro atoms. The summed E-state index contributed by atoms with van der Waals surface area (Å²) in [6, 6.07) is 0. The average Bonchev–Trinajstić information content (AvgIpc) is 1.83. The third kappa shape index (κ3) is 4.81. The maximum Gasteiger partial charge on any atom is 0.406 e. The van der Waals surface area contributed by atoms with Gasteiger partial charge in [-0.1, -0.05) is 6.92 Å². The molecule has 0 saturated heterocycles. The molecule has 72 valence electrons. The Bertz CT molecular complexity index is 155. The molecule has 12 heavy (non-hydrogen) atoms. The molecule has 0 aromatic rings. The molecule has 0 amide bonds. The Morgan fingerprint density at radius 2 is 2.00 bits per heavy atom. The molecule has 0 unspecified atom stereocenters. The molecule has 0 aliphatic carbocycles. The number of halogens is 3. The third-order valence-corrected chi connectivity index (χ3v) is 1.20. The first-order valence-corrected chi connectivity index (χ1v) is 3.52. The Labute approximate surface area is 68.8 Å². The Balaban J connectivity index is 4.05. The van der Waals surface area contributed by atoms with Crippen molar-refractivity contribution < 1.29 is 13.2 Å². The van der Waals surface area contributed by atoms with Crippen LogP contribution in [0.3, 0.4) is 0 Å². The van der Waals surface area contributed by atoms with E-state index in [0.717, 1.165) is 4.90 Å². The van der Waals surface area contributed by atoms with Crippen molar-refractivity contribution in [3.8, 4) is 0 Å². The molecule has 0 atom stereocenters. The topological polar surface area (TPSA) is 53.1 Å². The van der Waals surface area contributed by atoms with Gasteiger partial charge >= 0.3 is 6.18 Å². The Hall–Kier alpha value is -0.940. The van der Waals surface area contributed by atoms with Gasteiger partial charge in [0.2, 0.25) is 0 Å². The average molecular weight is 183 g/mol. The highest BCUT2D eigenvalue weighted by molar-refractivity contribution is 5.74. The highest BCUT2D eigenvalue weighted by atomic mass is 19.4. The van der Waals surface area contributed by atoms with Crippen LogP contribution in [-0.4, -0.2) is 30.1 Å². The predicted molar refractivity (Wildman–Crippen MR) is 39.8 cm³/mol. The molecule has 0 aliphatic rings. The number of hydrogen-bond acceptors (Lipinski definition) is 1. The van der Waals surface area contributed by atoms with Crippen LogP contribution in [0.25, 0.3) is 0 Å². The largest absolute Gasteiger partial charge is 0.406 e. The van der Waals surface area contributed by atoms with Crippen LogP contribution in [0.2, 0.25) is 0 Å². The molecular formula is C6H12F3N3. The normalized spacial score (nSPS) is 11.3. The summed E-state index contributed by atoms with van der Waals surface area (Å²) in [5, 5.41) is 6.84. The smallest absolute Gasteiger partial charge is 0.370 e. The summed E-state index contributed by atoms with van der Waals surface area (Å²) in [6.07, 6.45) is -3.75. The highest BCUT2D eigenvalue weighted by Gasteiger charge is 2.30. The number of nitrogens with two attached hydrogens (primary N) is 1. The minimum atomic E-state index is -4.29. The van der Waals surface area contributed by atoms with Crippen LogP contribution in [0, 0.1) is 5.41 Å². The second-order valence-corrected chi connectivity index (χ2v) is 2.42. The van der Waals surface area contributed by atoms with Crippen molar-refractivity contribution in [1.82, 2.24) is 4.90 Å². The van der Waals surface area contributed by atoms with Crippen LogP contribution in [0.4, 0.5) is 13.2 Å². The van der Waals surface area contributed by atoms with Gasteiger partial charge in [-0.3, -0.25) is 5.41 Å². The first-order chi connectivity index (χ1) is 5.37. The van der Waals surface area contributed by atoms with Crippen molar-refractivity contribution >= 4 is 5.96 Å². The van der Waals surface area contributed by atoms with Gasteiger partial charge in [0, 0.05) is 6.54 Å². The molecule has 0 aliphatic heterocycles.